The molecule has 0 atom stereocenters. The van der Waals surface area contributed by atoms with E-state index < -0.39 is 23.6 Å². The average Bonchev–Trinajstić information content (AvgIpc) is 2.92. The molecule has 0 aromatic heterocycles. The quantitative estimate of drug-likeness (QED) is 0.155. The minimum Gasteiger partial charge on any atom is -0.490 e. The molecule has 2 N–H and O–H groups in total. The highest BCUT2D eigenvalue weighted by atomic mass is 32.1. The Bertz CT molecular complexity index is 1550. The summed E-state index contributed by atoms with van der Waals surface area (Å²) in [5, 5.41) is 11.7. The van der Waals surface area contributed by atoms with Crippen LogP contribution in [-0.4, -0.2) is 34.6 Å². The lowest BCUT2D eigenvalue weighted by Crippen LogP contribution is -2.54. The number of hydrogen-bond acceptors (Lipinski definition) is 6. The Kier molecular flexibility index (Phi) is 8.70. The highest BCUT2D eigenvalue weighted by Gasteiger charge is 2.35. The van der Waals surface area contributed by atoms with Crippen molar-refractivity contribution in [2.24, 2.45) is 0 Å². The van der Waals surface area contributed by atoms with Gasteiger partial charge in [0.2, 0.25) is 0 Å². The maximum absolute atomic E-state index is 14.2. The van der Waals surface area contributed by atoms with Gasteiger partial charge in [-0.25, -0.2) is 9.18 Å². The fraction of sp³-hybridized carbons (Fsp3) is 0.133. The van der Waals surface area contributed by atoms with E-state index in [0.29, 0.717) is 41.2 Å². The predicted octanol–water partition coefficient (Wildman–Crippen LogP) is 5.06. The van der Waals surface area contributed by atoms with E-state index in [1.807, 2.05) is 0 Å². The van der Waals surface area contributed by atoms with Gasteiger partial charge in [0, 0.05) is 11.1 Å². The third kappa shape index (κ3) is 6.08. The molecule has 1 fully saturated rings. The first-order valence-corrected chi connectivity index (χ1v) is 12.7. The Morgan fingerprint density at radius 2 is 1.88 bits per heavy atom. The van der Waals surface area contributed by atoms with Gasteiger partial charge in [-0.15, -0.1) is 6.58 Å². The summed E-state index contributed by atoms with van der Waals surface area (Å²) in [6.45, 7) is 5.84. The van der Waals surface area contributed by atoms with Crippen molar-refractivity contribution in [3.05, 3.63) is 107 Å². The van der Waals surface area contributed by atoms with Crippen LogP contribution in [0.2, 0.25) is 0 Å². The van der Waals surface area contributed by atoms with Crippen molar-refractivity contribution in [3.8, 4) is 11.5 Å². The van der Waals surface area contributed by atoms with Crippen molar-refractivity contribution >= 4 is 46.9 Å². The summed E-state index contributed by atoms with van der Waals surface area (Å²) in [4.78, 5) is 38.8. The van der Waals surface area contributed by atoms with Crippen molar-refractivity contribution in [2.75, 3.05) is 11.5 Å². The first-order chi connectivity index (χ1) is 19.2. The largest absolute Gasteiger partial charge is 0.490 e. The summed E-state index contributed by atoms with van der Waals surface area (Å²) in [5.41, 5.74) is 1.41. The summed E-state index contributed by atoms with van der Waals surface area (Å²) in [5.74, 6) is -2.27. The number of ether oxygens (including phenoxy) is 2. The van der Waals surface area contributed by atoms with Gasteiger partial charge in [-0.2, -0.15) is 0 Å². The van der Waals surface area contributed by atoms with Gasteiger partial charge in [0.25, 0.3) is 11.8 Å². The van der Waals surface area contributed by atoms with E-state index in [1.54, 1.807) is 43.3 Å². The molecule has 4 rings (SSSR count). The van der Waals surface area contributed by atoms with E-state index in [0.717, 1.165) is 4.90 Å². The fourth-order valence-corrected chi connectivity index (χ4v) is 4.38. The van der Waals surface area contributed by atoms with Crippen LogP contribution in [0.3, 0.4) is 0 Å². The van der Waals surface area contributed by atoms with Crippen LogP contribution in [0.4, 0.5) is 10.1 Å². The number of amides is 2. The van der Waals surface area contributed by atoms with Gasteiger partial charge in [0.15, 0.2) is 16.6 Å². The van der Waals surface area contributed by atoms with Gasteiger partial charge in [-0.1, -0.05) is 30.3 Å². The van der Waals surface area contributed by atoms with Crippen LogP contribution in [0.5, 0.6) is 11.5 Å². The van der Waals surface area contributed by atoms with Crippen molar-refractivity contribution in [2.45, 2.75) is 20.0 Å². The first-order valence-electron chi connectivity index (χ1n) is 12.2. The maximum atomic E-state index is 14.2. The number of carboxylic acids is 1. The molecule has 10 heteroatoms. The molecule has 0 saturated carbocycles. The molecule has 0 aliphatic carbocycles. The van der Waals surface area contributed by atoms with Crippen molar-refractivity contribution in [1.29, 1.82) is 0 Å². The summed E-state index contributed by atoms with van der Waals surface area (Å²) in [6, 6.07) is 15.3. The SMILES string of the molecule is C=CCc1cc(C=C2C(=O)NC(=S)N(c3cccc(C(=O)O)c3)C2=O)cc(OCC)c1OCc1ccccc1F. The zero-order valence-electron chi connectivity index (χ0n) is 21.5. The molecule has 0 unspecified atom stereocenters. The molecule has 3 aromatic carbocycles. The number of benzene rings is 3. The molecular weight excluding hydrogens is 535 g/mol. The molecule has 1 aliphatic rings. The molecular formula is C30H25FN2O6S. The van der Waals surface area contributed by atoms with E-state index in [-0.39, 0.29) is 28.5 Å². The predicted molar refractivity (Wildman–Crippen MR) is 152 cm³/mol. The Hall–Kier alpha value is -4.83. The molecule has 1 saturated heterocycles. The van der Waals surface area contributed by atoms with E-state index in [9.17, 15) is 23.9 Å². The van der Waals surface area contributed by atoms with Crippen LogP contribution in [0.25, 0.3) is 6.08 Å². The molecule has 2 amide bonds. The monoisotopic (exact) mass is 560 g/mol. The number of hydrogen-bond donors (Lipinski definition) is 2. The zero-order valence-corrected chi connectivity index (χ0v) is 22.3. The highest BCUT2D eigenvalue weighted by molar-refractivity contribution is 7.80. The zero-order chi connectivity index (χ0) is 28.8. The number of rotatable bonds is 10. The number of carbonyl (C=O) groups is 3. The van der Waals surface area contributed by atoms with Crippen LogP contribution in [0.1, 0.15) is 34.0 Å². The normalized spacial score (nSPS) is 14.2. The van der Waals surface area contributed by atoms with E-state index in [4.69, 9.17) is 21.7 Å². The molecule has 3 aromatic rings. The summed E-state index contributed by atoms with van der Waals surface area (Å²) < 4.78 is 26.0. The molecule has 1 aliphatic heterocycles. The standard InChI is InChI=1S/C30H25FN2O6S/c1-3-8-19-13-18(15-25(38-4-2)26(19)39-17-21-9-5-6-12-24(21)31)14-23-27(34)32-30(40)33(28(23)35)22-11-7-10-20(16-22)29(36)37/h3,5-7,9-16H,1,4,8,17H2,2H3,(H,36,37)(H,32,34,40). The lowest BCUT2D eigenvalue weighted by Gasteiger charge is -2.29. The van der Waals surface area contributed by atoms with Gasteiger partial charge < -0.3 is 14.6 Å². The molecule has 0 bridgehead atoms. The number of carboxylic acid groups (broad SMARTS) is 1. The van der Waals surface area contributed by atoms with Crippen LogP contribution in [0.15, 0.2) is 78.9 Å². The number of halogens is 1. The van der Waals surface area contributed by atoms with Crippen LogP contribution in [0, 0.1) is 5.82 Å². The lowest BCUT2D eigenvalue weighted by atomic mass is 10.0. The smallest absolute Gasteiger partial charge is 0.335 e. The maximum Gasteiger partial charge on any atom is 0.335 e. The van der Waals surface area contributed by atoms with E-state index >= 15 is 0 Å². The summed E-state index contributed by atoms with van der Waals surface area (Å²) in [6.07, 6.45) is 3.41. The van der Waals surface area contributed by atoms with Gasteiger partial charge in [0.1, 0.15) is 18.0 Å². The fourth-order valence-electron chi connectivity index (χ4n) is 4.10. The van der Waals surface area contributed by atoms with E-state index in [2.05, 4.69) is 11.9 Å². The van der Waals surface area contributed by atoms with Crippen molar-refractivity contribution < 1.29 is 33.4 Å². The highest BCUT2D eigenvalue weighted by Crippen LogP contribution is 2.36. The number of allylic oxidation sites excluding steroid dienone is 1. The van der Waals surface area contributed by atoms with Crippen molar-refractivity contribution in [3.63, 3.8) is 0 Å². The molecule has 204 valence electrons. The molecule has 0 radical (unpaired) electrons. The Morgan fingerprint density at radius 1 is 1.10 bits per heavy atom. The minimum atomic E-state index is -1.17. The Balaban J connectivity index is 1.73. The number of anilines is 1. The Labute approximate surface area is 235 Å². The second kappa shape index (κ2) is 12.4. The molecule has 1 heterocycles. The van der Waals surface area contributed by atoms with Crippen LogP contribution >= 0.6 is 12.2 Å². The molecule has 0 spiro atoms. The van der Waals surface area contributed by atoms with Gasteiger partial charge >= 0.3 is 5.97 Å². The van der Waals surface area contributed by atoms with Gasteiger partial charge in [-0.3, -0.25) is 19.8 Å². The second-order valence-corrected chi connectivity index (χ2v) is 9.01. The topological polar surface area (TPSA) is 105 Å². The number of aromatic carboxylic acids is 1. The number of nitrogens with zero attached hydrogens (tertiary/aromatic N) is 1. The van der Waals surface area contributed by atoms with Crippen LogP contribution < -0.4 is 19.7 Å². The van der Waals surface area contributed by atoms with Gasteiger partial charge in [-0.05, 0) is 73.6 Å². The van der Waals surface area contributed by atoms with Crippen LogP contribution in [-0.2, 0) is 22.6 Å². The lowest BCUT2D eigenvalue weighted by molar-refractivity contribution is -0.122. The van der Waals surface area contributed by atoms with E-state index in [1.165, 1.54) is 36.4 Å². The summed E-state index contributed by atoms with van der Waals surface area (Å²) in [7, 11) is 0. The van der Waals surface area contributed by atoms with Crippen molar-refractivity contribution in [1.82, 2.24) is 5.32 Å². The summed E-state index contributed by atoms with van der Waals surface area (Å²) >= 11 is 5.22. The number of carbonyl (C=O) groups excluding carboxylic acids is 2. The molecule has 40 heavy (non-hydrogen) atoms. The third-order valence-corrected chi connectivity index (χ3v) is 6.20. The third-order valence-electron chi connectivity index (χ3n) is 5.91. The second-order valence-electron chi connectivity index (χ2n) is 8.63. The minimum absolute atomic E-state index is 0.0416. The number of nitrogens with one attached hydrogen (secondary N) is 1. The van der Waals surface area contributed by atoms with Gasteiger partial charge in [0.05, 0.1) is 17.9 Å². The average molecular weight is 561 g/mol. The number of thiocarbonyl (C=S) groups is 1. The first kappa shape index (κ1) is 28.2. The molecule has 8 nitrogen and oxygen atoms in total. The Morgan fingerprint density at radius 3 is 2.58 bits per heavy atom.